The molecule has 2 rings (SSSR count). The van der Waals surface area contributed by atoms with Crippen LogP contribution in [0.15, 0.2) is 42.5 Å². The Bertz CT molecular complexity index is 693. The van der Waals surface area contributed by atoms with Crippen molar-refractivity contribution in [3.8, 4) is 0 Å². The van der Waals surface area contributed by atoms with Gasteiger partial charge in [-0.15, -0.1) is 0 Å². The van der Waals surface area contributed by atoms with E-state index in [1.807, 2.05) is 32.0 Å². The molecule has 0 atom stereocenters. The first-order valence-electron chi connectivity index (χ1n) is 6.87. The van der Waals surface area contributed by atoms with Crippen LogP contribution >= 0.6 is 0 Å². The molecular weight excluding hydrogens is 283 g/mol. The third-order valence-corrected chi connectivity index (χ3v) is 3.24. The highest BCUT2D eigenvalue weighted by Gasteiger charge is 2.10. The molecule has 0 fully saturated rings. The number of halogens is 1. The summed E-state index contributed by atoms with van der Waals surface area (Å²) in [4.78, 5) is 23.7. The van der Waals surface area contributed by atoms with Crippen LogP contribution in [0, 0.1) is 19.7 Å². The molecule has 0 aromatic heterocycles. The molecule has 2 aromatic carbocycles. The maximum Gasteiger partial charge on any atom is 0.251 e. The van der Waals surface area contributed by atoms with Crippen molar-refractivity contribution in [1.29, 1.82) is 0 Å². The molecule has 0 saturated heterocycles. The van der Waals surface area contributed by atoms with Crippen molar-refractivity contribution in [2.45, 2.75) is 13.8 Å². The molecule has 0 aliphatic rings. The quantitative estimate of drug-likeness (QED) is 0.912. The topological polar surface area (TPSA) is 58.2 Å². The number of hydrogen-bond donors (Lipinski definition) is 2. The van der Waals surface area contributed by atoms with E-state index >= 15 is 0 Å². The van der Waals surface area contributed by atoms with Crippen LogP contribution in [-0.2, 0) is 4.79 Å². The Labute approximate surface area is 128 Å². The Morgan fingerprint density at radius 2 is 1.68 bits per heavy atom. The van der Waals surface area contributed by atoms with Crippen LogP contribution in [-0.4, -0.2) is 18.4 Å². The number of aryl methyl sites for hydroxylation is 2. The van der Waals surface area contributed by atoms with Crippen LogP contribution in [0.25, 0.3) is 0 Å². The van der Waals surface area contributed by atoms with E-state index in [0.717, 1.165) is 22.9 Å². The first-order valence-corrected chi connectivity index (χ1v) is 6.87. The molecule has 0 aliphatic carbocycles. The first kappa shape index (κ1) is 15.7. The van der Waals surface area contributed by atoms with E-state index in [-0.39, 0.29) is 18.0 Å². The second-order valence-corrected chi connectivity index (χ2v) is 5.01. The minimum atomic E-state index is -0.493. The molecule has 2 N–H and O–H groups in total. The normalized spacial score (nSPS) is 10.1. The second kappa shape index (κ2) is 6.85. The Kier molecular flexibility index (Phi) is 4.88. The fourth-order valence-electron chi connectivity index (χ4n) is 2.09. The van der Waals surface area contributed by atoms with Gasteiger partial charge in [0.2, 0.25) is 5.91 Å². The van der Waals surface area contributed by atoms with E-state index in [1.165, 1.54) is 18.2 Å². The average molecular weight is 300 g/mol. The van der Waals surface area contributed by atoms with Crippen molar-refractivity contribution >= 4 is 17.5 Å². The Hall–Kier alpha value is -2.69. The van der Waals surface area contributed by atoms with Crippen molar-refractivity contribution in [2.24, 2.45) is 0 Å². The Morgan fingerprint density at radius 3 is 2.32 bits per heavy atom. The van der Waals surface area contributed by atoms with E-state index in [0.29, 0.717) is 0 Å². The predicted molar refractivity (Wildman–Crippen MR) is 83.3 cm³/mol. The SMILES string of the molecule is Cc1cccc(C)c1NC(=O)CNC(=O)c1cccc(F)c1. The van der Waals surface area contributed by atoms with Gasteiger partial charge in [0.25, 0.3) is 5.91 Å². The molecule has 0 spiro atoms. The molecule has 114 valence electrons. The third kappa shape index (κ3) is 3.91. The maximum atomic E-state index is 13.0. The van der Waals surface area contributed by atoms with Gasteiger partial charge in [-0.1, -0.05) is 24.3 Å². The van der Waals surface area contributed by atoms with E-state index in [2.05, 4.69) is 10.6 Å². The van der Waals surface area contributed by atoms with Crippen molar-refractivity contribution in [3.05, 3.63) is 65.0 Å². The lowest BCUT2D eigenvalue weighted by Crippen LogP contribution is -2.33. The van der Waals surface area contributed by atoms with Crippen LogP contribution in [0.1, 0.15) is 21.5 Å². The number of anilines is 1. The Balaban J connectivity index is 1.94. The highest BCUT2D eigenvalue weighted by Crippen LogP contribution is 2.18. The lowest BCUT2D eigenvalue weighted by molar-refractivity contribution is -0.115. The summed E-state index contributed by atoms with van der Waals surface area (Å²) >= 11 is 0. The van der Waals surface area contributed by atoms with Crippen LogP contribution in [0.2, 0.25) is 0 Å². The summed E-state index contributed by atoms with van der Waals surface area (Å²) in [5.74, 6) is -1.31. The summed E-state index contributed by atoms with van der Waals surface area (Å²) in [7, 11) is 0. The van der Waals surface area contributed by atoms with Crippen molar-refractivity contribution in [1.82, 2.24) is 5.32 Å². The van der Waals surface area contributed by atoms with Crippen molar-refractivity contribution in [3.63, 3.8) is 0 Å². The van der Waals surface area contributed by atoms with Gasteiger partial charge in [0.1, 0.15) is 5.82 Å². The van der Waals surface area contributed by atoms with Crippen LogP contribution in [0.4, 0.5) is 10.1 Å². The van der Waals surface area contributed by atoms with E-state index in [1.54, 1.807) is 0 Å². The minimum Gasteiger partial charge on any atom is -0.343 e. The zero-order valence-corrected chi connectivity index (χ0v) is 12.4. The van der Waals surface area contributed by atoms with E-state index < -0.39 is 11.7 Å². The molecule has 0 aliphatic heterocycles. The van der Waals surface area contributed by atoms with Crippen LogP contribution in [0.5, 0.6) is 0 Å². The summed E-state index contributed by atoms with van der Waals surface area (Å²) in [6, 6.07) is 11.0. The van der Waals surface area contributed by atoms with Gasteiger partial charge in [-0.2, -0.15) is 0 Å². The minimum absolute atomic E-state index is 0.177. The lowest BCUT2D eigenvalue weighted by atomic mass is 10.1. The molecule has 0 unspecified atom stereocenters. The van der Waals surface area contributed by atoms with Gasteiger partial charge in [0.05, 0.1) is 6.54 Å². The van der Waals surface area contributed by atoms with Gasteiger partial charge in [-0.3, -0.25) is 9.59 Å². The molecule has 0 radical (unpaired) electrons. The molecule has 4 nitrogen and oxygen atoms in total. The molecule has 0 heterocycles. The van der Waals surface area contributed by atoms with Crippen LogP contribution < -0.4 is 10.6 Å². The zero-order chi connectivity index (χ0) is 16.1. The van der Waals surface area contributed by atoms with Gasteiger partial charge in [0, 0.05) is 11.3 Å². The number of para-hydroxylation sites is 1. The van der Waals surface area contributed by atoms with Crippen LogP contribution in [0.3, 0.4) is 0 Å². The van der Waals surface area contributed by atoms with E-state index in [4.69, 9.17) is 0 Å². The molecular formula is C17H17FN2O2. The largest absolute Gasteiger partial charge is 0.343 e. The number of nitrogens with one attached hydrogen (secondary N) is 2. The lowest BCUT2D eigenvalue weighted by Gasteiger charge is -2.12. The first-order chi connectivity index (χ1) is 10.5. The second-order valence-electron chi connectivity index (χ2n) is 5.01. The standard InChI is InChI=1S/C17H17FN2O2/c1-11-5-3-6-12(2)16(11)20-15(21)10-19-17(22)13-7-4-8-14(18)9-13/h3-9H,10H2,1-2H3,(H,19,22)(H,20,21). The fourth-order valence-corrected chi connectivity index (χ4v) is 2.09. The number of benzene rings is 2. The molecule has 5 heteroatoms. The summed E-state index contributed by atoms with van der Waals surface area (Å²) in [6.07, 6.45) is 0. The number of rotatable bonds is 4. The molecule has 0 saturated carbocycles. The fraction of sp³-hybridized carbons (Fsp3) is 0.176. The smallest absolute Gasteiger partial charge is 0.251 e. The van der Waals surface area contributed by atoms with E-state index in [9.17, 15) is 14.0 Å². The Morgan fingerprint density at radius 1 is 1.05 bits per heavy atom. The number of carbonyl (C=O) groups is 2. The monoisotopic (exact) mass is 300 g/mol. The summed E-state index contributed by atoms with van der Waals surface area (Å²) < 4.78 is 13.0. The predicted octanol–water partition coefficient (Wildman–Crippen LogP) is 2.81. The van der Waals surface area contributed by atoms with Gasteiger partial charge in [0.15, 0.2) is 0 Å². The highest BCUT2D eigenvalue weighted by molar-refractivity contribution is 5.99. The molecule has 2 amide bonds. The van der Waals surface area contributed by atoms with Crippen molar-refractivity contribution in [2.75, 3.05) is 11.9 Å². The number of amides is 2. The zero-order valence-electron chi connectivity index (χ0n) is 12.4. The average Bonchev–Trinajstić information content (AvgIpc) is 2.48. The highest BCUT2D eigenvalue weighted by atomic mass is 19.1. The maximum absolute atomic E-state index is 13.0. The summed E-state index contributed by atoms with van der Waals surface area (Å²) in [5, 5.41) is 5.24. The number of hydrogen-bond acceptors (Lipinski definition) is 2. The number of carbonyl (C=O) groups excluding carboxylic acids is 2. The van der Waals surface area contributed by atoms with Crippen molar-refractivity contribution < 1.29 is 14.0 Å². The van der Waals surface area contributed by atoms with Gasteiger partial charge in [-0.05, 0) is 43.2 Å². The molecule has 22 heavy (non-hydrogen) atoms. The van der Waals surface area contributed by atoms with Gasteiger partial charge >= 0.3 is 0 Å². The summed E-state index contributed by atoms with van der Waals surface area (Å²) in [5.41, 5.74) is 2.82. The third-order valence-electron chi connectivity index (χ3n) is 3.24. The molecule has 0 bridgehead atoms. The summed E-state index contributed by atoms with van der Waals surface area (Å²) in [6.45, 7) is 3.62. The van der Waals surface area contributed by atoms with Gasteiger partial charge in [-0.25, -0.2) is 4.39 Å². The molecule has 2 aromatic rings. The van der Waals surface area contributed by atoms with Gasteiger partial charge < -0.3 is 10.6 Å².